The third-order valence-corrected chi connectivity index (χ3v) is 20.7. The van der Waals surface area contributed by atoms with E-state index in [9.17, 15) is 0 Å². The number of hydrogen-bond acceptors (Lipinski definition) is 5. The number of ether oxygens (including phenoxy) is 1. The van der Waals surface area contributed by atoms with Crippen molar-refractivity contribution < 1.29 is 4.74 Å². The molecule has 0 aliphatic heterocycles. The SMILES string of the molecule is Cc1ccccc1I(c1ccc(N(c2ccc(-c3ccccc3)cc2)c2ccc(-c3ccc4c(c3)c3cc(Oc5c(C)cccc5C)ccc3n4-c3ccccc3)c3nsnc23)cc1)c1ccccc1C. The molecule has 2 heterocycles. The quantitative estimate of drug-likeness (QED) is 0.121. The van der Waals surface area contributed by atoms with E-state index in [0.717, 1.165) is 89.3 Å². The van der Waals surface area contributed by atoms with Crippen LogP contribution in [0.3, 0.4) is 0 Å². The van der Waals surface area contributed by atoms with Gasteiger partial charge >= 0.3 is 288 Å². The van der Waals surface area contributed by atoms with E-state index in [1.165, 1.54) is 44.7 Å². The molecule has 12 aromatic rings. The average molecular weight is 1050 g/mol. The Morgan fingerprint density at radius 3 is 1.65 bits per heavy atom. The van der Waals surface area contributed by atoms with E-state index >= 15 is 0 Å². The first-order valence-electron chi connectivity index (χ1n) is 23.9. The van der Waals surface area contributed by atoms with Gasteiger partial charge in [-0.05, 0) is 55.3 Å². The Bertz CT molecular complexity index is 3840. The van der Waals surface area contributed by atoms with Gasteiger partial charge in [-0.15, -0.1) is 0 Å². The summed E-state index contributed by atoms with van der Waals surface area (Å²) in [7, 11) is 0. The summed E-state index contributed by atoms with van der Waals surface area (Å²) >= 11 is -0.807. The summed E-state index contributed by atoms with van der Waals surface area (Å²) in [5.74, 6) is 1.70. The Kier molecular flexibility index (Phi) is 11.8. The Balaban J connectivity index is 0.990. The molecule has 0 aliphatic rings. The zero-order chi connectivity index (χ0) is 48.0. The Morgan fingerprint density at radius 2 is 0.986 bits per heavy atom. The van der Waals surface area contributed by atoms with Gasteiger partial charge in [0.25, 0.3) is 0 Å². The molecular formula is C64H49IN4OS. The van der Waals surface area contributed by atoms with Crippen molar-refractivity contribution >= 4 is 81.4 Å². The molecule has 0 unspecified atom stereocenters. The van der Waals surface area contributed by atoms with Crippen molar-refractivity contribution in [2.45, 2.75) is 27.7 Å². The van der Waals surface area contributed by atoms with Gasteiger partial charge in [0.05, 0.1) is 11.0 Å². The van der Waals surface area contributed by atoms with Gasteiger partial charge in [-0.2, -0.15) is 0 Å². The van der Waals surface area contributed by atoms with Crippen molar-refractivity contribution in [1.82, 2.24) is 13.3 Å². The molecule has 7 heteroatoms. The third kappa shape index (κ3) is 8.24. The molecule has 71 heavy (non-hydrogen) atoms. The predicted molar refractivity (Wildman–Crippen MR) is 306 cm³/mol. The molecule has 0 saturated carbocycles. The summed E-state index contributed by atoms with van der Waals surface area (Å²) < 4.78 is 23.5. The number of aromatic nitrogens is 3. The second-order valence-electron chi connectivity index (χ2n) is 18.0. The van der Waals surface area contributed by atoms with E-state index < -0.39 is 19.8 Å². The zero-order valence-electron chi connectivity index (χ0n) is 39.8. The molecule has 0 fully saturated rings. The number of aryl methyl sites for hydroxylation is 4. The van der Waals surface area contributed by atoms with Crippen LogP contribution in [-0.2, 0) is 0 Å². The van der Waals surface area contributed by atoms with Crippen LogP contribution in [0, 0.1) is 38.4 Å². The van der Waals surface area contributed by atoms with Crippen LogP contribution in [0.1, 0.15) is 22.3 Å². The van der Waals surface area contributed by atoms with E-state index in [-0.39, 0.29) is 0 Å². The Hall–Kier alpha value is -7.85. The third-order valence-electron chi connectivity index (χ3n) is 13.4. The fourth-order valence-electron chi connectivity index (χ4n) is 9.88. The van der Waals surface area contributed by atoms with Gasteiger partial charge in [-0.1, -0.05) is 42.5 Å². The maximum absolute atomic E-state index is 6.65. The van der Waals surface area contributed by atoms with E-state index in [1.807, 2.05) is 0 Å². The summed E-state index contributed by atoms with van der Waals surface area (Å²) in [6.45, 7) is 8.71. The van der Waals surface area contributed by atoms with Crippen LogP contribution in [0.2, 0.25) is 0 Å². The predicted octanol–water partition coefficient (Wildman–Crippen LogP) is 18.0. The summed E-state index contributed by atoms with van der Waals surface area (Å²) in [5.41, 5.74) is 17.5. The normalized spacial score (nSPS) is 11.6. The van der Waals surface area contributed by atoms with Crippen molar-refractivity contribution in [3.05, 3.63) is 257 Å². The fourth-order valence-corrected chi connectivity index (χ4v) is 16.7. The van der Waals surface area contributed by atoms with Crippen LogP contribution in [0.5, 0.6) is 11.5 Å². The van der Waals surface area contributed by atoms with Gasteiger partial charge in [0.1, 0.15) is 11.5 Å². The summed E-state index contributed by atoms with van der Waals surface area (Å²) in [5, 5.41) is 2.25. The van der Waals surface area contributed by atoms with Gasteiger partial charge in [0.2, 0.25) is 0 Å². The molecular weight excluding hydrogens is 1000 g/mol. The fraction of sp³-hybridized carbons (Fsp3) is 0.0625. The molecule has 5 nitrogen and oxygen atoms in total. The minimum atomic E-state index is -2.07. The number of benzene rings is 10. The van der Waals surface area contributed by atoms with Gasteiger partial charge in [-0.3, -0.25) is 0 Å². The second-order valence-corrected chi connectivity index (χ2v) is 23.7. The molecule has 2 aromatic heterocycles. The molecule has 12 rings (SSSR count). The molecule has 0 amide bonds. The monoisotopic (exact) mass is 1050 g/mol. The topological polar surface area (TPSA) is 43.2 Å². The first-order chi connectivity index (χ1) is 34.9. The minimum absolute atomic E-state index is 0.802. The van der Waals surface area contributed by atoms with Gasteiger partial charge in [0.15, 0.2) is 0 Å². The van der Waals surface area contributed by atoms with Crippen LogP contribution >= 0.6 is 31.5 Å². The van der Waals surface area contributed by atoms with Crippen LogP contribution < -0.4 is 9.64 Å². The second kappa shape index (κ2) is 18.8. The van der Waals surface area contributed by atoms with E-state index in [2.05, 4.69) is 262 Å². The number of hydrogen-bond donors (Lipinski definition) is 0. The maximum atomic E-state index is 6.65. The average Bonchev–Trinajstić information content (AvgIpc) is 4.03. The van der Waals surface area contributed by atoms with Crippen molar-refractivity contribution in [3.8, 4) is 39.4 Å². The first kappa shape index (κ1) is 44.4. The van der Waals surface area contributed by atoms with Crippen molar-refractivity contribution in [3.63, 3.8) is 0 Å². The van der Waals surface area contributed by atoms with E-state index in [0.29, 0.717) is 0 Å². The molecule has 0 N–H and O–H groups in total. The van der Waals surface area contributed by atoms with Gasteiger partial charge in [-0.25, -0.2) is 0 Å². The number of anilines is 3. The molecule has 0 spiro atoms. The molecule has 0 saturated heterocycles. The van der Waals surface area contributed by atoms with Crippen molar-refractivity contribution in [1.29, 1.82) is 0 Å². The van der Waals surface area contributed by atoms with Crippen molar-refractivity contribution in [2.75, 3.05) is 4.90 Å². The Morgan fingerprint density at radius 1 is 0.451 bits per heavy atom. The zero-order valence-corrected chi connectivity index (χ0v) is 42.8. The molecule has 344 valence electrons. The Labute approximate surface area is 426 Å². The number of halogens is 1. The molecule has 0 radical (unpaired) electrons. The van der Waals surface area contributed by atoms with Gasteiger partial charge in [0, 0.05) is 11.1 Å². The number of fused-ring (bicyclic) bond motifs is 4. The number of rotatable bonds is 11. The van der Waals surface area contributed by atoms with Crippen LogP contribution in [-0.4, -0.2) is 13.3 Å². The van der Waals surface area contributed by atoms with Crippen LogP contribution in [0.25, 0.3) is 60.8 Å². The number of nitrogens with zero attached hydrogens (tertiary/aromatic N) is 4. The summed E-state index contributed by atoms with van der Waals surface area (Å²) in [4.78, 5) is 2.35. The van der Waals surface area contributed by atoms with Crippen LogP contribution in [0.4, 0.5) is 17.1 Å². The van der Waals surface area contributed by atoms with E-state index in [4.69, 9.17) is 13.5 Å². The summed E-state index contributed by atoms with van der Waals surface area (Å²) in [6.07, 6.45) is 0. The van der Waals surface area contributed by atoms with Gasteiger partial charge < -0.3 is 9.30 Å². The molecule has 0 atom stereocenters. The molecule has 0 bridgehead atoms. The van der Waals surface area contributed by atoms with E-state index in [1.54, 1.807) is 0 Å². The first-order valence-corrected chi connectivity index (χ1v) is 27.8. The molecule has 0 aliphatic carbocycles. The van der Waals surface area contributed by atoms with Crippen molar-refractivity contribution in [2.24, 2.45) is 0 Å². The number of para-hydroxylation sites is 2. The molecule has 10 aromatic carbocycles. The summed E-state index contributed by atoms with van der Waals surface area (Å²) in [6, 6.07) is 81.2. The van der Waals surface area contributed by atoms with Crippen LogP contribution in [0.15, 0.2) is 224 Å². The standard InChI is InChI=1S/C64H49IN4OS/c1-42-16-11-13-24-57(42)65(58-25-14-12-17-43(58)2)49-29-33-52(34-30-49)68(51-31-26-47(27-32-51)46-20-7-5-8-21-46)61-39-36-54(62-63(61)67-71-66-62)48-28-37-59-55(40-48)56-41-53(70-64-44(3)18-15-19-45(64)4)35-38-60(56)69(59)50-22-9-6-10-23-50/h5-41H,1-4H3.